The lowest BCUT2D eigenvalue weighted by Crippen LogP contribution is -2.55. The van der Waals surface area contributed by atoms with Crippen molar-refractivity contribution in [1.82, 2.24) is 24.9 Å². The zero-order valence-electron chi connectivity index (χ0n) is 15.1. The van der Waals surface area contributed by atoms with Gasteiger partial charge in [0.05, 0.1) is 0 Å². The first-order valence-electron chi connectivity index (χ1n) is 8.91. The molecule has 8 heteroatoms. The van der Waals surface area contributed by atoms with E-state index in [-0.39, 0.29) is 17.2 Å². The van der Waals surface area contributed by atoms with Crippen LogP contribution in [0.4, 0.5) is 5.82 Å². The Balaban J connectivity index is 1.68. The molecule has 138 valence electrons. The molecule has 0 aliphatic carbocycles. The molecule has 0 saturated carbocycles. The molecule has 2 aliphatic heterocycles. The number of likely N-dealkylation sites (tertiary alicyclic amines) is 2. The number of nitrogen functional groups attached to an aromatic ring is 1. The Labute approximate surface area is 148 Å². The summed E-state index contributed by atoms with van der Waals surface area (Å²) >= 11 is 0. The van der Waals surface area contributed by atoms with Crippen LogP contribution in [0.2, 0.25) is 0 Å². The number of nitrogens with zero attached hydrogens (tertiary/aromatic N) is 4. The van der Waals surface area contributed by atoms with E-state index >= 15 is 0 Å². The van der Waals surface area contributed by atoms with Crippen molar-refractivity contribution in [2.45, 2.75) is 25.7 Å². The summed E-state index contributed by atoms with van der Waals surface area (Å²) < 4.78 is 0. The molecule has 0 bridgehead atoms. The Morgan fingerprint density at radius 3 is 2.88 bits per heavy atom. The topological polar surface area (TPSA) is 98.6 Å². The van der Waals surface area contributed by atoms with Crippen LogP contribution in [-0.2, 0) is 4.79 Å². The van der Waals surface area contributed by atoms with Crippen LogP contribution in [-0.4, -0.2) is 83.5 Å². The van der Waals surface area contributed by atoms with Crippen molar-refractivity contribution in [2.75, 3.05) is 52.6 Å². The van der Waals surface area contributed by atoms with Crippen LogP contribution in [0.3, 0.4) is 0 Å². The quantitative estimate of drug-likeness (QED) is 0.821. The normalized spacial score (nSPS) is 24.4. The first kappa shape index (κ1) is 17.7. The number of piperidine rings is 2. The Hall–Kier alpha value is -2.09. The average Bonchev–Trinajstić information content (AvgIpc) is 3.02. The number of hydrogen-bond acceptors (Lipinski definition) is 5. The van der Waals surface area contributed by atoms with Gasteiger partial charge < -0.3 is 20.4 Å². The molecule has 25 heavy (non-hydrogen) atoms. The van der Waals surface area contributed by atoms with E-state index < -0.39 is 0 Å². The summed E-state index contributed by atoms with van der Waals surface area (Å²) in [6, 6.07) is 1.58. The second kappa shape index (κ2) is 7.03. The van der Waals surface area contributed by atoms with Crippen molar-refractivity contribution in [3.05, 3.63) is 11.8 Å². The van der Waals surface area contributed by atoms with Crippen molar-refractivity contribution in [3.63, 3.8) is 0 Å². The molecule has 0 unspecified atom stereocenters. The van der Waals surface area contributed by atoms with Crippen molar-refractivity contribution in [3.8, 4) is 0 Å². The van der Waals surface area contributed by atoms with Crippen LogP contribution in [0.15, 0.2) is 6.07 Å². The molecule has 2 amide bonds. The monoisotopic (exact) mass is 348 g/mol. The number of nitrogens with two attached hydrogens (primary N) is 1. The van der Waals surface area contributed by atoms with Gasteiger partial charge in [0.15, 0.2) is 0 Å². The number of likely N-dealkylation sites (N-methyl/N-ethyl adjacent to an activating group) is 1. The fraction of sp³-hybridized carbons (Fsp3) is 0.706. The van der Waals surface area contributed by atoms with Crippen LogP contribution in [0.5, 0.6) is 0 Å². The molecule has 1 atom stereocenters. The molecule has 2 saturated heterocycles. The van der Waals surface area contributed by atoms with Gasteiger partial charge in [-0.15, -0.1) is 0 Å². The Morgan fingerprint density at radius 2 is 2.20 bits per heavy atom. The highest BCUT2D eigenvalue weighted by molar-refractivity contribution is 5.93. The maximum absolute atomic E-state index is 12.7. The van der Waals surface area contributed by atoms with E-state index in [2.05, 4.69) is 15.1 Å². The number of carbonyl (C=O) groups excluding carboxylic acids is 2. The first-order valence-corrected chi connectivity index (χ1v) is 8.91. The van der Waals surface area contributed by atoms with E-state index in [1.165, 1.54) is 0 Å². The predicted molar refractivity (Wildman–Crippen MR) is 94.9 cm³/mol. The Morgan fingerprint density at radius 1 is 1.40 bits per heavy atom. The molecular weight excluding hydrogens is 320 g/mol. The summed E-state index contributed by atoms with van der Waals surface area (Å²) in [6.07, 6.45) is 3.46. The van der Waals surface area contributed by atoms with E-state index in [1.54, 1.807) is 6.07 Å². The minimum absolute atomic E-state index is 0.0136. The first-order chi connectivity index (χ1) is 11.9. The smallest absolute Gasteiger partial charge is 0.271 e. The van der Waals surface area contributed by atoms with Crippen LogP contribution in [0, 0.1) is 5.41 Å². The standard InChI is InChI=1S/C17H28N6O2/c1-21(2)8-9-22-11-17(6-4-15(22)24)5-3-7-23(12-17)16(25)13-10-14(18)20-19-13/h10H,3-9,11-12H2,1-2H3,(H3,18,19,20)/t17-/m0/s1. The fourth-order valence-corrected chi connectivity index (χ4v) is 3.96. The van der Waals surface area contributed by atoms with Crippen molar-refractivity contribution < 1.29 is 9.59 Å². The van der Waals surface area contributed by atoms with Crippen molar-refractivity contribution in [1.29, 1.82) is 0 Å². The molecular formula is C17H28N6O2. The number of H-pyrrole nitrogens is 1. The number of carbonyl (C=O) groups is 2. The third kappa shape index (κ3) is 3.95. The van der Waals surface area contributed by atoms with Gasteiger partial charge in [-0.05, 0) is 33.4 Å². The molecule has 1 aromatic rings. The molecule has 3 heterocycles. The highest BCUT2D eigenvalue weighted by Gasteiger charge is 2.42. The number of anilines is 1. The summed E-state index contributed by atoms with van der Waals surface area (Å²) in [5.74, 6) is 0.505. The van der Waals surface area contributed by atoms with Crippen molar-refractivity contribution in [2.24, 2.45) is 5.41 Å². The average molecular weight is 348 g/mol. The molecule has 1 aromatic heterocycles. The van der Waals surface area contributed by atoms with Gasteiger partial charge in [-0.1, -0.05) is 0 Å². The van der Waals surface area contributed by atoms with E-state index in [0.717, 1.165) is 45.4 Å². The van der Waals surface area contributed by atoms with Crippen LogP contribution in [0.1, 0.15) is 36.2 Å². The zero-order chi connectivity index (χ0) is 18.0. The minimum Gasteiger partial charge on any atom is -0.382 e. The summed E-state index contributed by atoms with van der Waals surface area (Å²) in [5.41, 5.74) is 6.06. The van der Waals surface area contributed by atoms with E-state index in [0.29, 0.717) is 24.5 Å². The second-order valence-corrected chi connectivity index (χ2v) is 7.66. The van der Waals surface area contributed by atoms with Gasteiger partial charge in [0.25, 0.3) is 5.91 Å². The number of aromatic nitrogens is 2. The lowest BCUT2D eigenvalue weighted by atomic mass is 9.73. The maximum atomic E-state index is 12.7. The number of nitrogens with one attached hydrogen (secondary N) is 1. The van der Waals surface area contributed by atoms with Gasteiger partial charge >= 0.3 is 0 Å². The van der Waals surface area contributed by atoms with E-state index in [1.807, 2.05) is 23.9 Å². The third-order valence-corrected chi connectivity index (χ3v) is 5.34. The predicted octanol–water partition coefficient (Wildman–Crippen LogP) is 0.398. The molecule has 2 aliphatic rings. The van der Waals surface area contributed by atoms with Crippen LogP contribution >= 0.6 is 0 Å². The molecule has 1 spiro atoms. The molecule has 3 N–H and O–H groups in total. The summed E-state index contributed by atoms with van der Waals surface area (Å²) in [7, 11) is 4.03. The number of amides is 2. The lowest BCUT2D eigenvalue weighted by molar-refractivity contribution is -0.139. The highest BCUT2D eigenvalue weighted by Crippen LogP contribution is 2.39. The molecule has 2 fully saturated rings. The van der Waals surface area contributed by atoms with Gasteiger partial charge in [0.2, 0.25) is 5.91 Å². The summed E-state index contributed by atoms with van der Waals surface area (Å²) in [4.78, 5) is 30.9. The second-order valence-electron chi connectivity index (χ2n) is 7.66. The number of hydrogen-bond donors (Lipinski definition) is 2. The molecule has 0 aromatic carbocycles. The largest absolute Gasteiger partial charge is 0.382 e. The molecule has 0 radical (unpaired) electrons. The van der Waals surface area contributed by atoms with Gasteiger partial charge in [-0.3, -0.25) is 14.7 Å². The van der Waals surface area contributed by atoms with Gasteiger partial charge in [-0.2, -0.15) is 5.10 Å². The summed E-state index contributed by atoms with van der Waals surface area (Å²) in [5, 5.41) is 6.55. The molecule has 3 rings (SSSR count). The summed E-state index contributed by atoms with van der Waals surface area (Å²) in [6.45, 7) is 3.78. The van der Waals surface area contributed by atoms with Gasteiger partial charge in [-0.25, -0.2) is 0 Å². The fourth-order valence-electron chi connectivity index (χ4n) is 3.96. The highest BCUT2D eigenvalue weighted by atomic mass is 16.2. The lowest BCUT2D eigenvalue weighted by Gasteiger charge is -2.48. The number of rotatable bonds is 4. The SMILES string of the molecule is CN(C)CCN1C[C@]2(CCCN(C(=O)c3cc(N)n[nH]3)C2)CCC1=O. The van der Waals surface area contributed by atoms with Gasteiger partial charge in [0, 0.05) is 50.6 Å². The maximum Gasteiger partial charge on any atom is 0.271 e. The zero-order valence-corrected chi connectivity index (χ0v) is 15.1. The minimum atomic E-state index is -0.0555. The van der Waals surface area contributed by atoms with Crippen LogP contribution < -0.4 is 5.73 Å². The van der Waals surface area contributed by atoms with Crippen molar-refractivity contribution >= 4 is 17.6 Å². The third-order valence-electron chi connectivity index (χ3n) is 5.34. The Kier molecular flexibility index (Phi) is 4.99. The van der Waals surface area contributed by atoms with Crippen LogP contribution in [0.25, 0.3) is 0 Å². The Bertz CT molecular complexity index is 643. The van der Waals surface area contributed by atoms with Gasteiger partial charge in [0.1, 0.15) is 11.5 Å². The molecule has 8 nitrogen and oxygen atoms in total. The van der Waals surface area contributed by atoms with E-state index in [4.69, 9.17) is 5.73 Å². The van der Waals surface area contributed by atoms with E-state index in [9.17, 15) is 9.59 Å². The number of aromatic amines is 1.